The monoisotopic (exact) mass is 817 g/mol. The lowest BCUT2D eigenvalue weighted by Gasteiger charge is -2.30. The van der Waals surface area contributed by atoms with Crippen molar-refractivity contribution >= 4 is 17.1 Å². The van der Waals surface area contributed by atoms with E-state index in [2.05, 4.69) is 267 Å². The Bertz CT molecular complexity index is 3070. The van der Waals surface area contributed by atoms with Crippen molar-refractivity contribution in [1.82, 2.24) is 0 Å². The number of anilines is 3. The number of hydrogen-bond donors (Lipinski definition) is 0. The van der Waals surface area contributed by atoms with Crippen molar-refractivity contribution < 1.29 is 0 Å². The second-order valence-electron chi connectivity index (χ2n) is 17.3. The Morgan fingerprint density at radius 1 is 0.234 bits per heavy atom. The van der Waals surface area contributed by atoms with Crippen molar-refractivity contribution in [2.45, 2.75) is 19.3 Å². The van der Waals surface area contributed by atoms with Gasteiger partial charge in [0.25, 0.3) is 0 Å². The molecule has 1 aliphatic carbocycles. The first-order valence-electron chi connectivity index (χ1n) is 22.2. The molecule has 0 heterocycles. The summed E-state index contributed by atoms with van der Waals surface area (Å²) in [6.07, 6.45) is 0. The molecule has 1 aliphatic rings. The number of fused-ring (bicyclic) bond motifs is 3. The number of benzene rings is 10. The maximum atomic E-state index is 2.46. The summed E-state index contributed by atoms with van der Waals surface area (Å²) in [6.45, 7) is 4.73. The molecule has 0 bridgehead atoms. The third-order valence-corrected chi connectivity index (χ3v) is 13.1. The summed E-state index contributed by atoms with van der Waals surface area (Å²) in [5, 5.41) is 0. The third-order valence-electron chi connectivity index (χ3n) is 13.1. The standard InChI is InChI=1S/C63H47N/c1-63(2)61-26-16-15-25-57(61)58-40-37-54(43-62(58)63)64(52-35-38-55(48-21-11-5-12-22-48)59(41-52)50-31-27-46(28-32-50)44-17-7-3-8-18-44)53-36-39-56(49-23-13-6-14-24-49)60(42-53)51-33-29-47(30-34-51)45-19-9-4-10-20-45/h3-43H,1-2H3. The summed E-state index contributed by atoms with van der Waals surface area (Å²) in [6, 6.07) is 90.9. The minimum Gasteiger partial charge on any atom is -0.310 e. The van der Waals surface area contributed by atoms with Gasteiger partial charge in [0, 0.05) is 22.5 Å². The molecule has 0 unspecified atom stereocenters. The van der Waals surface area contributed by atoms with Crippen LogP contribution in [0, 0.1) is 0 Å². The molecule has 0 saturated heterocycles. The quantitative estimate of drug-likeness (QED) is 0.140. The molecule has 11 rings (SSSR count). The molecule has 1 nitrogen and oxygen atoms in total. The first-order chi connectivity index (χ1) is 31.5. The third kappa shape index (κ3) is 7.12. The van der Waals surface area contributed by atoms with Crippen molar-refractivity contribution in [3.8, 4) is 77.9 Å². The van der Waals surface area contributed by atoms with Gasteiger partial charge in [-0.15, -0.1) is 0 Å². The zero-order valence-corrected chi connectivity index (χ0v) is 36.1. The molecule has 10 aromatic rings. The van der Waals surface area contributed by atoms with Gasteiger partial charge in [0.05, 0.1) is 0 Å². The Morgan fingerprint density at radius 3 is 1.00 bits per heavy atom. The SMILES string of the molecule is CC1(C)c2ccccc2-c2ccc(N(c3ccc(-c4ccccc4)c(-c4ccc(-c5ccccc5)cc4)c3)c3ccc(-c4ccccc4)c(-c4ccc(-c5ccccc5)cc4)c3)cc21. The molecule has 0 atom stereocenters. The average Bonchev–Trinajstić information content (AvgIpc) is 3.60. The Balaban J connectivity index is 1.12. The highest BCUT2D eigenvalue weighted by Gasteiger charge is 2.36. The second-order valence-corrected chi connectivity index (χ2v) is 17.3. The smallest absolute Gasteiger partial charge is 0.0468 e. The van der Waals surface area contributed by atoms with E-state index in [1.807, 2.05) is 0 Å². The fraction of sp³-hybridized carbons (Fsp3) is 0.0476. The van der Waals surface area contributed by atoms with Gasteiger partial charge in [-0.05, 0) is 125 Å². The van der Waals surface area contributed by atoms with Crippen LogP contribution < -0.4 is 4.90 Å². The molecule has 0 fully saturated rings. The van der Waals surface area contributed by atoms with Gasteiger partial charge in [0.2, 0.25) is 0 Å². The molecular formula is C63H47N. The minimum absolute atomic E-state index is 0.154. The highest BCUT2D eigenvalue weighted by Crippen LogP contribution is 2.51. The second kappa shape index (κ2) is 16.4. The van der Waals surface area contributed by atoms with E-state index in [0.717, 1.165) is 17.1 Å². The normalized spacial score (nSPS) is 12.3. The van der Waals surface area contributed by atoms with E-state index in [4.69, 9.17) is 0 Å². The van der Waals surface area contributed by atoms with Crippen molar-refractivity contribution in [2.75, 3.05) is 4.90 Å². The molecule has 0 saturated carbocycles. The van der Waals surface area contributed by atoms with Crippen LogP contribution in [0.4, 0.5) is 17.1 Å². The molecule has 304 valence electrons. The van der Waals surface area contributed by atoms with Crippen molar-refractivity contribution in [2.24, 2.45) is 0 Å². The zero-order valence-electron chi connectivity index (χ0n) is 36.1. The van der Waals surface area contributed by atoms with E-state index in [9.17, 15) is 0 Å². The lowest BCUT2D eigenvalue weighted by atomic mass is 9.82. The van der Waals surface area contributed by atoms with E-state index in [0.29, 0.717) is 0 Å². The molecule has 64 heavy (non-hydrogen) atoms. The van der Waals surface area contributed by atoms with Gasteiger partial charge in [-0.2, -0.15) is 0 Å². The van der Waals surface area contributed by atoms with Crippen LogP contribution in [0.5, 0.6) is 0 Å². The fourth-order valence-electron chi connectivity index (χ4n) is 9.78. The Labute approximate surface area is 377 Å². The molecule has 0 amide bonds. The van der Waals surface area contributed by atoms with E-state index < -0.39 is 0 Å². The lowest BCUT2D eigenvalue weighted by molar-refractivity contribution is 0.660. The van der Waals surface area contributed by atoms with E-state index >= 15 is 0 Å². The molecule has 0 aliphatic heterocycles. The summed E-state index contributed by atoms with van der Waals surface area (Å²) in [5.74, 6) is 0. The molecule has 0 radical (unpaired) electrons. The van der Waals surface area contributed by atoms with Crippen LogP contribution in [0.1, 0.15) is 25.0 Å². The van der Waals surface area contributed by atoms with Gasteiger partial charge >= 0.3 is 0 Å². The molecule has 0 aromatic heterocycles. The van der Waals surface area contributed by atoms with Crippen LogP contribution in [-0.4, -0.2) is 0 Å². The highest BCUT2D eigenvalue weighted by atomic mass is 15.1. The van der Waals surface area contributed by atoms with Gasteiger partial charge in [-0.3, -0.25) is 0 Å². The van der Waals surface area contributed by atoms with E-state index in [1.165, 1.54) is 89.0 Å². The summed E-state index contributed by atoms with van der Waals surface area (Å²) >= 11 is 0. The molecular weight excluding hydrogens is 771 g/mol. The van der Waals surface area contributed by atoms with E-state index in [1.54, 1.807) is 0 Å². The van der Waals surface area contributed by atoms with Crippen molar-refractivity contribution in [1.29, 1.82) is 0 Å². The summed E-state index contributed by atoms with van der Waals surface area (Å²) in [4.78, 5) is 2.46. The topological polar surface area (TPSA) is 3.24 Å². The summed E-state index contributed by atoms with van der Waals surface area (Å²) in [7, 11) is 0. The Hall–Kier alpha value is -8.00. The van der Waals surface area contributed by atoms with Gasteiger partial charge in [-0.1, -0.05) is 226 Å². The predicted molar refractivity (Wildman–Crippen MR) is 271 cm³/mol. The lowest BCUT2D eigenvalue weighted by Crippen LogP contribution is -2.16. The molecule has 10 aromatic carbocycles. The molecule has 1 heteroatoms. The van der Waals surface area contributed by atoms with Crippen LogP contribution in [0.25, 0.3) is 77.9 Å². The van der Waals surface area contributed by atoms with Gasteiger partial charge in [0.15, 0.2) is 0 Å². The maximum Gasteiger partial charge on any atom is 0.0468 e. The first kappa shape index (κ1) is 38.9. The minimum atomic E-state index is -0.154. The van der Waals surface area contributed by atoms with Crippen molar-refractivity contribution in [3.05, 3.63) is 260 Å². The van der Waals surface area contributed by atoms with Gasteiger partial charge < -0.3 is 4.90 Å². The van der Waals surface area contributed by atoms with Crippen LogP contribution in [0.3, 0.4) is 0 Å². The van der Waals surface area contributed by atoms with Gasteiger partial charge in [0.1, 0.15) is 0 Å². The molecule has 0 N–H and O–H groups in total. The summed E-state index contributed by atoms with van der Waals surface area (Å²) < 4.78 is 0. The Kier molecular flexibility index (Phi) is 9.94. The fourth-order valence-corrected chi connectivity index (χ4v) is 9.78. The average molecular weight is 818 g/mol. The first-order valence-corrected chi connectivity index (χ1v) is 22.2. The number of rotatable bonds is 9. The Morgan fingerprint density at radius 2 is 0.547 bits per heavy atom. The van der Waals surface area contributed by atoms with E-state index in [-0.39, 0.29) is 5.41 Å². The summed E-state index contributed by atoms with van der Waals surface area (Å²) in [5.41, 5.74) is 22.8. The van der Waals surface area contributed by atoms with Gasteiger partial charge in [-0.25, -0.2) is 0 Å². The molecule has 0 spiro atoms. The largest absolute Gasteiger partial charge is 0.310 e. The maximum absolute atomic E-state index is 2.46. The van der Waals surface area contributed by atoms with Crippen LogP contribution in [0.2, 0.25) is 0 Å². The van der Waals surface area contributed by atoms with Crippen molar-refractivity contribution in [3.63, 3.8) is 0 Å². The number of nitrogens with zero attached hydrogens (tertiary/aromatic N) is 1. The van der Waals surface area contributed by atoms with Crippen LogP contribution in [-0.2, 0) is 5.41 Å². The number of hydrogen-bond acceptors (Lipinski definition) is 1. The van der Waals surface area contributed by atoms with Crippen LogP contribution >= 0.6 is 0 Å². The zero-order chi connectivity index (χ0) is 43.0. The highest BCUT2D eigenvalue weighted by molar-refractivity contribution is 5.93. The predicted octanol–water partition coefficient (Wildman–Crippen LogP) is 17.5. The van der Waals surface area contributed by atoms with Crippen LogP contribution in [0.15, 0.2) is 249 Å².